The molecule has 1 heterocycles. The average Bonchev–Trinajstić information content (AvgIpc) is 2.87. The number of rotatable bonds is 9. The molecule has 4 rings (SSSR count). The molecule has 0 bridgehead atoms. The first kappa shape index (κ1) is 26.7. The standard InChI is InChI=1S/C29H30ClNO6/c1-29(31-26(33)14-15-32)16-24(20-10-12-21(30)13-11-20)37-25(17-29)23-9-5-8-22(19-6-3-2-4-7-19)28(23)36-18-27(34)35/h2-13,24-25,32H,14-18H2,1H3,(H,31,33)(H,34,35)/t24-,25+,29+/m0/s1. The Hall–Kier alpha value is -3.39. The van der Waals surface area contributed by atoms with E-state index in [4.69, 9.17) is 21.1 Å². The molecule has 0 aromatic heterocycles. The quantitative estimate of drug-likeness (QED) is 0.350. The van der Waals surface area contributed by atoms with Crippen LogP contribution in [0.2, 0.25) is 5.02 Å². The Morgan fingerprint density at radius 1 is 1.03 bits per heavy atom. The average molecular weight is 524 g/mol. The van der Waals surface area contributed by atoms with Crippen LogP contribution in [0.3, 0.4) is 0 Å². The molecule has 8 heteroatoms. The fourth-order valence-corrected chi connectivity index (χ4v) is 4.93. The van der Waals surface area contributed by atoms with Gasteiger partial charge in [0.1, 0.15) is 5.75 Å². The molecule has 194 valence electrons. The van der Waals surface area contributed by atoms with E-state index in [-0.39, 0.29) is 25.0 Å². The van der Waals surface area contributed by atoms with E-state index in [2.05, 4.69) is 5.32 Å². The van der Waals surface area contributed by atoms with Gasteiger partial charge in [-0.3, -0.25) is 4.79 Å². The number of nitrogens with one attached hydrogen (secondary N) is 1. The topological polar surface area (TPSA) is 105 Å². The minimum absolute atomic E-state index is 0.00317. The Balaban J connectivity index is 1.77. The number of hydrogen-bond acceptors (Lipinski definition) is 5. The van der Waals surface area contributed by atoms with Crippen molar-refractivity contribution < 1.29 is 29.3 Å². The maximum atomic E-state index is 12.5. The molecule has 37 heavy (non-hydrogen) atoms. The lowest BCUT2D eigenvalue weighted by atomic mass is 9.80. The third kappa shape index (κ3) is 6.68. The fraction of sp³-hybridized carbons (Fsp3) is 0.310. The van der Waals surface area contributed by atoms with Crippen LogP contribution in [0.1, 0.15) is 49.5 Å². The van der Waals surface area contributed by atoms with Crippen molar-refractivity contribution in [1.82, 2.24) is 5.32 Å². The van der Waals surface area contributed by atoms with Gasteiger partial charge in [0.15, 0.2) is 6.61 Å². The number of carboxylic acids is 1. The first-order valence-corrected chi connectivity index (χ1v) is 12.5. The minimum atomic E-state index is -1.08. The highest BCUT2D eigenvalue weighted by Gasteiger charge is 2.41. The van der Waals surface area contributed by atoms with E-state index < -0.39 is 24.2 Å². The summed E-state index contributed by atoms with van der Waals surface area (Å²) in [6.45, 7) is 1.21. The van der Waals surface area contributed by atoms with Gasteiger partial charge in [-0.15, -0.1) is 0 Å². The van der Waals surface area contributed by atoms with Crippen molar-refractivity contribution in [1.29, 1.82) is 0 Å². The summed E-state index contributed by atoms with van der Waals surface area (Å²) in [5, 5.41) is 22.3. The number of ether oxygens (including phenoxy) is 2. The normalized spacial score (nSPS) is 21.3. The Morgan fingerprint density at radius 2 is 1.73 bits per heavy atom. The lowest BCUT2D eigenvalue weighted by molar-refractivity contribution is -0.139. The Kier molecular flexibility index (Phi) is 8.48. The number of carbonyl (C=O) groups is 2. The third-order valence-corrected chi connectivity index (χ3v) is 6.69. The Labute approximate surface area is 221 Å². The van der Waals surface area contributed by atoms with Crippen LogP contribution >= 0.6 is 11.6 Å². The van der Waals surface area contributed by atoms with Crippen LogP contribution < -0.4 is 10.1 Å². The molecule has 7 nitrogen and oxygen atoms in total. The highest BCUT2D eigenvalue weighted by atomic mass is 35.5. The summed E-state index contributed by atoms with van der Waals surface area (Å²) in [6, 6.07) is 22.6. The van der Waals surface area contributed by atoms with Gasteiger partial charge < -0.3 is 25.0 Å². The predicted molar refractivity (Wildman–Crippen MR) is 141 cm³/mol. The second-order valence-corrected chi connectivity index (χ2v) is 9.86. The van der Waals surface area contributed by atoms with Gasteiger partial charge in [-0.05, 0) is 30.2 Å². The molecule has 3 aromatic rings. The van der Waals surface area contributed by atoms with Crippen molar-refractivity contribution in [3.8, 4) is 16.9 Å². The first-order valence-electron chi connectivity index (χ1n) is 12.1. The number of para-hydroxylation sites is 1. The number of halogens is 1. The van der Waals surface area contributed by atoms with Crippen molar-refractivity contribution in [3.05, 3.63) is 88.9 Å². The predicted octanol–water partition coefficient (Wildman–Crippen LogP) is 5.32. The van der Waals surface area contributed by atoms with Crippen LogP contribution in [0.15, 0.2) is 72.8 Å². The minimum Gasteiger partial charge on any atom is -0.481 e. The molecular weight excluding hydrogens is 494 g/mol. The fourth-order valence-electron chi connectivity index (χ4n) is 4.80. The molecule has 1 saturated heterocycles. The van der Waals surface area contributed by atoms with Gasteiger partial charge in [-0.2, -0.15) is 0 Å². The van der Waals surface area contributed by atoms with Crippen LogP contribution in [-0.4, -0.2) is 40.8 Å². The Morgan fingerprint density at radius 3 is 2.41 bits per heavy atom. The largest absolute Gasteiger partial charge is 0.481 e. The first-order chi connectivity index (χ1) is 17.8. The SMILES string of the molecule is C[C@@]1(NC(=O)CCO)C[C@@H](c2ccc(Cl)cc2)O[C@@H](c2cccc(-c3ccccc3)c2OCC(=O)O)C1. The van der Waals surface area contributed by atoms with Crippen LogP contribution in [0.5, 0.6) is 5.75 Å². The summed E-state index contributed by atoms with van der Waals surface area (Å²) in [7, 11) is 0. The van der Waals surface area contributed by atoms with Gasteiger partial charge in [0, 0.05) is 41.0 Å². The monoisotopic (exact) mass is 523 g/mol. The number of amides is 1. The maximum Gasteiger partial charge on any atom is 0.341 e. The van der Waals surface area contributed by atoms with E-state index in [1.807, 2.05) is 67.6 Å². The number of carbonyl (C=O) groups excluding carboxylic acids is 1. The summed E-state index contributed by atoms with van der Waals surface area (Å²) >= 11 is 6.11. The molecule has 0 radical (unpaired) electrons. The third-order valence-electron chi connectivity index (χ3n) is 6.44. The lowest BCUT2D eigenvalue weighted by Gasteiger charge is -2.43. The highest BCUT2D eigenvalue weighted by molar-refractivity contribution is 6.30. The van der Waals surface area contributed by atoms with E-state index in [0.29, 0.717) is 29.2 Å². The van der Waals surface area contributed by atoms with E-state index in [9.17, 15) is 19.8 Å². The number of benzene rings is 3. The summed E-state index contributed by atoms with van der Waals surface area (Å²) in [5.74, 6) is -0.902. The van der Waals surface area contributed by atoms with E-state index in [1.54, 1.807) is 12.1 Å². The van der Waals surface area contributed by atoms with Crippen molar-refractivity contribution in [2.45, 2.75) is 43.9 Å². The molecule has 0 aliphatic carbocycles. The van der Waals surface area contributed by atoms with Gasteiger partial charge >= 0.3 is 5.97 Å². The maximum absolute atomic E-state index is 12.5. The summed E-state index contributed by atoms with van der Waals surface area (Å²) in [4.78, 5) is 23.9. The smallest absolute Gasteiger partial charge is 0.341 e. The van der Waals surface area contributed by atoms with E-state index in [0.717, 1.165) is 16.7 Å². The Bertz CT molecular complexity index is 1230. The molecule has 0 saturated carbocycles. The van der Waals surface area contributed by atoms with Crippen molar-refractivity contribution in [3.63, 3.8) is 0 Å². The number of aliphatic hydroxyl groups is 1. The van der Waals surface area contributed by atoms with Crippen molar-refractivity contribution in [2.24, 2.45) is 0 Å². The summed E-state index contributed by atoms with van der Waals surface area (Å²) in [6.07, 6.45) is 0.0509. The zero-order valence-electron chi connectivity index (χ0n) is 20.5. The summed E-state index contributed by atoms with van der Waals surface area (Å²) in [5.41, 5.74) is 2.58. The number of carboxylic acid groups (broad SMARTS) is 1. The van der Waals surface area contributed by atoms with Crippen LogP contribution in [0, 0.1) is 0 Å². The molecule has 3 aromatic carbocycles. The van der Waals surface area contributed by atoms with Gasteiger partial charge in [-0.1, -0.05) is 72.3 Å². The van der Waals surface area contributed by atoms with Gasteiger partial charge in [0.05, 0.1) is 18.8 Å². The zero-order chi connectivity index (χ0) is 26.4. The van der Waals surface area contributed by atoms with Gasteiger partial charge in [0.2, 0.25) is 5.91 Å². The van der Waals surface area contributed by atoms with Crippen molar-refractivity contribution >= 4 is 23.5 Å². The van der Waals surface area contributed by atoms with E-state index in [1.165, 1.54) is 0 Å². The van der Waals surface area contributed by atoms with Crippen LogP contribution in [0.4, 0.5) is 0 Å². The highest BCUT2D eigenvalue weighted by Crippen LogP contribution is 2.47. The molecule has 0 unspecified atom stereocenters. The van der Waals surface area contributed by atoms with Gasteiger partial charge in [-0.25, -0.2) is 4.79 Å². The molecule has 3 N–H and O–H groups in total. The molecule has 3 atom stereocenters. The van der Waals surface area contributed by atoms with Crippen molar-refractivity contribution in [2.75, 3.05) is 13.2 Å². The molecule has 0 spiro atoms. The van der Waals surface area contributed by atoms with Crippen LogP contribution in [-0.2, 0) is 14.3 Å². The second-order valence-electron chi connectivity index (χ2n) is 9.43. The number of aliphatic hydroxyl groups excluding tert-OH is 1. The summed E-state index contributed by atoms with van der Waals surface area (Å²) < 4.78 is 12.5. The number of aliphatic carboxylic acids is 1. The second kappa shape index (κ2) is 11.8. The zero-order valence-corrected chi connectivity index (χ0v) is 21.3. The molecule has 1 aliphatic heterocycles. The molecule has 1 aliphatic rings. The number of hydrogen-bond donors (Lipinski definition) is 3. The van der Waals surface area contributed by atoms with Gasteiger partial charge in [0.25, 0.3) is 0 Å². The van der Waals surface area contributed by atoms with E-state index >= 15 is 0 Å². The molecule has 1 fully saturated rings. The lowest BCUT2D eigenvalue weighted by Crippen LogP contribution is -2.51. The molecular formula is C29H30ClNO6. The van der Waals surface area contributed by atoms with Crippen LogP contribution in [0.25, 0.3) is 11.1 Å². The molecule has 1 amide bonds.